The molecular formula is C19H23NO2S. The van der Waals surface area contributed by atoms with Crippen LogP contribution in [-0.4, -0.2) is 19.6 Å². The van der Waals surface area contributed by atoms with Crippen LogP contribution in [0, 0.1) is 13.8 Å². The van der Waals surface area contributed by atoms with E-state index >= 15 is 0 Å². The standard InChI is InChI=1S/C19H23NO2S/c1-5-14-11-17(23-13(14)3)19(21)20-10-6-7-15-12(2)8-9-16(22-4)18(15)20/h8-9,11H,5-7,10H2,1-4H3. The van der Waals surface area contributed by atoms with Crippen molar-refractivity contribution in [3.8, 4) is 5.75 Å². The zero-order valence-electron chi connectivity index (χ0n) is 14.2. The number of amides is 1. The number of hydrogen-bond acceptors (Lipinski definition) is 3. The highest BCUT2D eigenvalue weighted by molar-refractivity contribution is 7.14. The van der Waals surface area contributed by atoms with Gasteiger partial charge in [0.25, 0.3) is 5.91 Å². The Bertz CT molecular complexity index is 748. The molecule has 2 aromatic rings. The van der Waals surface area contributed by atoms with Gasteiger partial charge in [0.05, 0.1) is 17.7 Å². The van der Waals surface area contributed by atoms with Crippen LogP contribution in [0.3, 0.4) is 0 Å². The Morgan fingerprint density at radius 3 is 2.78 bits per heavy atom. The van der Waals surface area contributed by atoms with Gasteiger partial charge in [0.1, 0.15) is 5.75 Å². The molecule has 0 radical (unpaired) electrons. The van der Waals surface area contributed by atoms with Gasteiger partial charge < -0.3 is 9.64 Å². The first-order valence-electron chi connectivity index (χ1n) is 8.14. The first-order valence-corrected chi connectivity index (χ1v) is 8.96. The Labute approximate surface area is 141 Å². The topological polar surface area (TPSA) is 29.5 Å². The van der Waals surface area contributed by atoms with Gasteiger partial charge in [-0.05, 0) is 61.9 Å². The quantitative estimate of drug-likeness (QED) is 0.828. The lowest BCUT2D eigenvalue weighted by Crippen LogP contribution is -2.35. The fourth-order valence-electron chi connectivity index (χ4n) is 3.33. The molecule has 23 heavy (non-hydrogen) atoms. The Kier molecular flexibility index (Phi) is 4.44. The Balaban J connectivity index is 2.05. The van der Waals surface area contributed by atoms with E-state index in [9.17, 15) is 4.79 Å². The van der Waals surface area contributed by atoms with E-state index in [0.29, 0.717) is 0 Å². The molecule has 1 aliphatic rings. The van der Waals surface area contributed by atoms with E-state index in [4.69, 9.17) is 4.74 Å². The summed E-state index contributed by atoms with van der Waals surface area (Å²) in [6.07, 6.45) is 2.97. The molecule has 0 unspecified atom stereocenters. The largest absolute Gasteiger partial charge is 0.495 e. The van der Waals surface area contributed by atoms with Crippen LogP contribution in [0.5, 0.6) is 5.75 Å². The fraction of sp³-hybridized carbons (Fsp3) is 0.421. The molecule has 1 aromatic heterocycles. The minimum absolute atomic E-state index is 0.0997. The van der Waals surface area contributed by atoms with Crippen LogP contribution in [-0.2, 0) is 12.8 Å². The second-order valence-electron chi connectivity index (χ2n) is 6.02. The number of methoxy groups -OCH3 is 1. The first kappa shape index (κ1) is 16.1. The summed E-state index contributed by atoms with van der Waals surface area (Å²) in [5, 5.41) is 0. The van der Waals surface area contributed by atoms with Crippen LogP contribution in [0.4, 0.5) is 5.69 Å². The average molecular weight is 329 g/mol. The van der Waals surface area contributed by atoms with E-state index in [1.165, 1.54) is 21.6 Å². The summed E-state index contributed by atoms with van der Waals surface area (Å²) in [5.74, 6) is 0.894. The Hall–Kier alpha value is -1.81. The van der Waals surface area contributed by atoms with E-state index < -0.39 is 0 Å². The number of benzene rings is 1. The third kappa shape index (κ3) is 2.76. The predicted octanol–water partition coefficient (Wildman–Crippen LogP) is 4.53. The van der Waals surface area contributed by atoms with Crippen molar-refractivity contribution in [2.24, 2.45) is 0 Å². The Morgan fingerprint density at radius 1 is 1.35 bits per heavy atom. The summed E-state index contributed by atoms with van der Waals surface area (Å²) in [6, 6.07) is 6.10. The number of aryl methyl sites for hydroxylation is 3. The maximum absolute atomic E-state index is 13.1. The van der Waals surface area contributed by atoms with Crippen molar-refractivity contribution in [1.82, 2.24) is 0 Å². The summed E-state index contributed by atoms with van der Waals surface area (Å²) >= 11 is 1.60. The van der Waals surface area contributed by atoms with Gasteiger partial charge in [-0.25, -0.2) is 0 Å². The van der Waals surface area contributed by atoms with E-state index in [-0.39, 0.29) is 5.91 Å². The fourth-order valence-corrected chi connectivity index (χ4v) is 4.39. The van der Waals surface area contributed by atoms with E-state index in [2.05, 4.69) is 32.9 Å². The molecule has 0 saturated heterocycles. The molecule has 3 rings (SSSR count). The van der Waals surface area contributed by atoms with Crippen molar-refractivity contribution in [1.29, 1.82) is 0 Å². The minimum atomic E-state index is 0.0997. The molecule has 0 spiro atoms. The van der Waals surface area contributed by atoms with Crippen molar-refractivity contribution in [3.63, 3.8) is 0 Å². The third-order valence-corrected chi connectivity index (χ3v) is 5.72. The summed E-state index contributed by atoms with van der Waals surface area (Å²) in [6.45, 7) is 7.09. The van der Waals surface area contributed by atoms with Crippen LogP contribution < -0.4 is 9.64 Å². The molecule has 0 N–H and O–H groups in total. The first-order chi connectivity index (χ1) is 11.1. The van der Waals surface area contributed by atoms with Crippen LogP contribution >= 0.6 is 11.3 Å². The lowest BCUT2D eigenvalue weighted by Gasteiger charge is -2.31. The van der Waals surface area contributed by atoms with Crippen LogP contribution in [0.1, 0.15) is 44.6 Å². The molecule has 0 atom stereocenters. The highest BCUT2D eigenvalue weighted by Gasteiger charge is 2.29. The van der Waals surface area contributed by atoms with Gasteiger partial charge in [-0.15, -0.1) is 11.3 Å². The molecule has 0 bridgehead atoms. The highest BCUT2D eigenvalue weighted by atomic mass is 32.1. The average Bonchev–Trinajstić information content (AvgIpc) is 2.95. The van der Waals surface area contributed by atoms with Crippen LogP contribution in [0.25, 0.3) is 0 Å². The minimum Gasteiger partial charge on any atom is -0.495 e. The summed E-state index contributed by atoms with van der Waals surface area (Å²) in [4.78, 5) is 17.1. The summed E-state index contributed by atoms with van der Waals surface area (Å²) in [5.41, 5.74) is 4.71. The molecule has 1 amide bonds. The lowest BCUT2D eigenvalue weighted by atomic mass is 9.96. The van der Waals surface area contributed by atoms with E-state index in [1.807, 2.05) is 11.0 Å². The smallest absolute Gasteiger partial charge is 0.268 e. The number of nitrogens with zero attached hydrogens (tertiary/aromatic N) is 1. The van der Waals surface area contributed by atoms with E-state index in [1.54, 1.807) is 18.4 Å². The second kappa shape index (κ2) is 6.36. The molecule has 0 fully saturated rings. The Morgan fingerprint density at radius 2 is 2.13 bits per heavy atom. The molecule has 0 saturated carbocycles. The molecule has 3 nitrogen and oxygen atoms in total. The number of fused-ring (bicyclic) bond motifs is 1. The zero-order valence-corrected chi connectivity index (χ0v) is 15.0. The number of carbonyl (C=O) groups is 1. The zero-order chi connectivity index (χ0) is 16.6. The van der Waals surface area contributed by atoms with Gasteiger partial charge in [0.2, 0.25) is 0 Å². The number of rotatable bonds is 3. The molecule has 0 aliphatic carbocycles. The second-order valence-corrected chi connectivity index (χ2v) is 7.27. The number of hydrogen-bond donors (Lipinski definition) is 0. The molecule has 122 valence electrons. The van der Waals surface area contributed by atoms with Crippen molar-refractivity contribution in [2.45, 2.75) is 40.0 Å². The van der Waals surface area contributed by atoms with Crippen molar-refractivity contribution in [2.75, 3.05) is 18.6 Å². The summed E-state index contributed by atoms with van der Waals surface area (Å²) < 4.78 is 5.54. The van der Waals surface area contributed by atoms with Crippen LogP contribution in [0.15, 0.2) is 18.2 Å². The molecule has 1 aliphatic heterocycles. The van der Waals surface area contributed by atoms with Gasteiger partial charge in [0.15, 0.2) is 0 Å². The maximum Gasteiger partial charge on any atom is 0.268 e. The molecule has 1 aromatic carbocycles. The molecular weight excluding hydrogens is 306 g/mol. The normalized spacial score (nSPS) is 13.8. The van der Waals surface area contributed by atoms with Crippen molar-refractivity contribution >= 4 is 22.9 Å². The number of ether oxygens (including phenoxy) is 1. The predicted molar refractivity (Wildman–Crippen MR) is 96.2 cm³/mol. The molecule has 2 heterocycles. The highest BCUT2D eigenvalue weighted by Crippen LogP contribution is 2.39. The number of anilines is 1. The van der Waals surface area contributed by atoms with Gasteiger partial charge in [-0.2, -0.15) is 0 Å². The van der Waals surface area contributed by atoms with Crippen LogP contribution in [0.2, 0.25) is 0 Å². The monoisotopic (exact) mass is 329 g/mol. The summed E-state index contributed by atoms with van der Waals surface area (Å²) in [7, 11) is 1.67. The number of thiophene rings is 1. The van der Waals surface area contributed by atoms with Gasteiger partial charge in [-0.1, -0.05) is 13.0 Å². The van der Waals surface area contributed by atoms with Crippen molar-refractivity contribution < 1.29 is 9.53 Å². The van der Waals surface area contributed by atoms with Gasteiger partial charge >= 0.3 is 0 Å². The SMILES string of the molecule is CCc1cc(C(=O)N2CCCc3c(C)ccc(OC)c32)sc1C. The van der Waals surface area contributed by atoms with E-state index in [0.717, 1.165) is 42.1 Å². The maximum atomic E-state index is 13.1. The van der Waals surface area contributed by atoms with Gasteiger partial charge in [-0.3, -0.25) is 4.79 Å². The molecule has 4 heteroatoms. The third-order valence-electron chi connectivity index (χ3n) is 4.64. The lowest BCUT2D eigenvalue weighted by molar-refractivity contribution is 0.0988. The number of carbonyl (C=O) groups excluding carboxylic acids is 1. The van der Waals surface area contributed by atoms with Gasteiger partial charge in [0, 0.05) is 11.4 Å². The van der Waals surface area contributed by atoms with Crippen molar-refractivity contribution in [3.05, 3.63) is 44.6 Å².